The topological polar surface area (TPSA) is 92.3 Å². The summed E-state index contributed by atoms with van der Waals surface area (Å²) in [5.74, 6) is -0.412. The molecule has 0 aromatic rings. The van der Waals surface area contributed by atoms with E-state index in [1.807, 2.05) is 26.0 Å². The van der Waals surface area contributed by atoms with Crippen LogP contribution >= 0.6 is 11.6 Å². The Kier molecular flexibility index (Phi) is 8.82. The molecule has 0 saturated heterocycles. The van der Waals surface area contributed by atoms with Gasteiger partial charge in [0.05, 0.1) is 19.2 Å². The number of hydrogen-bond acceptors (Lipinski definition) is 6. The Labute approximate surface area is 198 Å². The largest absolute Gasteiger partial charge is 0.375 e. The number of ether oxygens (including phenoxy) is 2. The van der Waals surface area contributed by atoms with Crippen LogP contribution in [0.3, 0.4) is 0 Å². The number of carbonyl (C=O) groups is 2. The van der Waals surface area contributed by atoms with E-state index >= 15 is 0 Å². The molecule has 3 atom stereocenters. The molecule has 0 saturated carbocycles. The number of guanidine groups is 1. The van der Waals surface area contributed by atoms with E-state index in [2.05, 4.69) is 15.6 Å². The van der Waals surface area contributed by atoms with Crippen molar-refractivity contribution in [2.45, 2.75) is 51.1 Å². The fourth-order valence-electron chi connectivity index (χ4n) is 3.63. The van der Waals surface area contributed by atoms with Crippen molar-refractivity contribution in [1.82, 2.24) is 15.5 Å². The van der Waals surface area contributed by atoms with Gasteiger partial charge in [-0.25, -0.2) is 9.38 Å². The predicted octanol–water partition coefficient (Wildman–Crippen LogP) is 2.33. The smallest absolute Gasteiger partial charge is 0.254 e. The van der Waals surface area contributed by atoms with E-state index in [9.17, 15) is 14.0 Å². The van der Waals surface area contributed by atoms with Crippen LogP contribution in [-0.2, 0) is 19.1 Å². The Balaban J connectivity index is 1.77. The summed E-state index contributed by atoms with van der Waals surface area (Å²) in [5.41, 5.74) is 1.47. The number of alkyl halides is 1. The number of nitrogens with one attached hydrogen (secondary N) is 2. The van der Waals surface area contributed by atoms with Crippen molar-refractivity contribution in [1.29, 1.82) is 0 Å². The average Bonchev–Trinajstić information content (AvgIpc) is 2.76. The van der Waals surface area contributed by atoms with Crippen molar-refractivity contribution in [3.05, 3.63) is 46.7 Å². The summed E-state index contributed by atoms with van der Waals surface area (Å²) in [6, 6.07) is -0.810. The number of hydrogen-bond donors (Lipinski definition) is 2. The number of halogens is 2. The minimum absolute atomic E-state index is 0.0625. The highest BCUT2D eigenvalue weighted by Crippen LogP contribution is 2.23. The number of amides is 2. The zero-order valence-electron chi connectivity index (χ0n) is 19.0. The van der Waals surface area contributed by atoms with Crippen LogP contribution in [0.1, 0.15) is 26.7 Å². The Bertz CT molecular complexity index is 912. The van der Waals surface area contributed by atoms with Crippen LogP contribution in [0.2, 0.25) is 0 Å². The lowest BCUT2D eigenvalue weighted by Gasteiger charge is -2.34. The second-order valence-electron chi connectivity index (χ2n) is 8.28. The van der Waals surface area contributed by atoms with Crippen molar-refractivity contribution in [3.8, 4) is 0 Å². The molecule has 0 spiro atoms. The Morgan fingerprint density at radius 2 is 2.15 bits per heavy atom. The standard InChI is InChI=1S/C23H30ClFN4O4/c1-14(2)33-20-9-8-17(10-18(20)25)27-23-26-11-19(28-21(30)13-32-3)22(31)29(23)12-15-4-6-16(24)7-5-15/h4,6,8-10,14,18-20H,5,7,11-13H2,1-3H3,(H,26,27)(H,28,30). The third-order valence-electron chi connectivity index (χ3n) is 5.20. The lowest BCUT2D eigenvalue weighted by Crippen LogP contribution is -2.59. The second kappa shape index (κ2) is 11.6. The lowest BCUT2D eigenvalue weighted by atomic mass is 10.0. The summed E-state index contributed by atoms with van der Waals surface area (Å²) in [4.78, 5) is 31.1. The maximum atomic E-state index is 14.6. The van der Waals surface area contributed by atoms with Crippen LogP contribution < -0.4 is 10.6 Å². The van der Waals surface area contributed by atoms with Crippen LogP contribution in [0.5, 0.6) is 0 Å². The van der Waals surface area contributed by atoms with Gasteiger partial charge in [0, 0.05) is 17.8 Å². The summed E-state index contributed by atoms with van der Waals surface area (Å²) in [6.07, 6.45) is 7.76. The first-order valence-electron chi connectivity index (χ1n) is 10.9. The predicted molar refractivity (Wildman–Crippen MR) is 124 cm³/mol. The molecule has 0 bridgehead atoms. The molecule has 8 nitrogen and oxygen atoms in total. The zero-order chi connectivity index (χ0) is 24.0. The molecule has 0 radical (unpaired) electrons. The summed E-state index contributed by atoms with van der Waals surface area (Å²) in [6.45, 7) is 3.89. The highest BCUT2D eigenvalue weighted by atomic mass is 35.5. The molecule has 2 amide bonds. The molecule has 0 aromatic carbocycles. The van der Waals surface area contributed by atoms with Crippen LogP contribution in [0.15, 0.2) is 51.7 Å². The van der Waals surface area contributed by atoms with E-state index in [1.54, 1.807) is 12.2 Å². The first-order valence-corrected chi connectivity index (χ1v) is 11.3. The fraction of sp³-hybridized carbons (Fsp3) is 0.522. The van der Waals surface area contributed by atoms with Gasteiger partial charge in [-0.1, -0.05) is 23.8 Å². The fourth-order valence-corrected chi connectivity index (χ4v) is 3.79. The van der Waals surface area contributed by atoms with Crippen molar-refractivity contribution in [2.24, 2.45) is 4.99 Å². The Hall–Kier alpha value is -2.49. The molecule has 3 rings (SSSR count). The molecule has 0 fully saturated rings. The number of allylic oxidation sites excluding steroid dienone is 4. The molecule has 2 N–H and O–H groups in total. The highest BCUT2D eigenvalue weighted by Gasteiger charge is 2.34. The van der Waals surface area contributed by atoms with Gasteiger partial charge in [0.1, 0.15) is 18.8 Å². The molecule has 33 heavy (non-hydrogen) atoms. The van der Waals surface area contributed by atoms with Crippen LogP contribution in [0.25, 0.3) is 0 Å². The van der Waals surface area contributed by atoms with E-state index in [1.165, 1.54) is 18.1 Å². The average molecular weight is 481 g/mol. The molecule has 3 aliphatic rings. The quantitative estimate of drug-likeness (QED) is 0.556. The van der Waals surface area contributed by atoms with Gasteiger partial charge >= 0.3 is 0 Å². The molecule has 0 aromatic heterocycles. The van der Waals surface area contributed by atoms with Gasteiger partial charge in [0.2, 0.25) is 11.9 Å². The normalized spacial score (nSPS) is 25.3. The van der Waals surface area contributed by atoms with E-state index in [4.69, 9.17) is 21.1 Å². The van der Waals surface area contributed by atoms with Crippen molar-refractivity contribution < 1.29 is 23.5 Å². The lowest BCUT2D eigenvalue weighted by molar-refractivity contribution is -0.134. The van der Waals surface area contributed by atoms with Crippen molar-refractivity contribution >= 4 is 29.4 Å². The molecular formula is C23H30ClFN4O4. The molecular weight excluding hydrogens is 451 g/mol. The third-order valence-corrected chi connectivity index (χ3v) is 5.52. The Morgan fingerprint density at radius 3 is 2.79 bits per heavy atom. The highest BCUT2D eigenvalue weighted by molar-refractivity contribution is 6.29. The van der Waals surface area contributed by atoms with E-state index in [-0.39, 0.29) is 31.7 Å². The van der Waals surface area contributed by atoms with Crippen molar-refractivity contribution in [2.75, 3.05) is 26.8 Å². The number of aliphatic imine (C=N–C) groups is 1. The maximum absolute atomic E-state index is 14.6. The van der Waals surface area contributed by atoms with Crippen LogP contribution in [-0.4, -0.2) is 73.9 Å². The van der Waals surface area contributed by atoms with E-state index in [0.717, 1.165) is 10.6 Å². The number of methoxy groups -OCH3 is 1. The summed E-state index contributed by atoms with van der Waals surface area (Å²) >= 11 is 6.06. The second-order valence-corrected chi connectivity index (χ2v) is 8.77. The van der Waals surface area contributed by atoms with Gasteiger partial charge < -0.3 is 20.1 Å². The number of rotatable bonds is 8. The summed E-state index contributed by atoms with van der Waals surface area (Å²) < 4.78 is 25.0. The van der Waals surface area contributed by atoms with E-state index < -0.39 is 24.2 Å². The van der Waals surface area contributed by atoms with Crippen molar-refractivity contribution in [3.63, 3.8) is 0 Å². The summed E-state index contributed by atoms with van der Waals surface area (Å²) in [5, 5.41) is 6.47. The number of nitrogens with zero attached hydrogens (tertiary/aromatic N) is 2. The van der Waals surface area contributed by atoms with Gasteiger partial charge in [-0.3, -0.25) is 14.5 Å². The van der Waals surface area contributed by atoms with Gasteiger partial charge in [0.25, 0.3) is 5.91 Å². The van der Waals surface area contributed by atoms with Gasteiger partial charge in [-0.15, -0.1) is 0 Å². The third kappa shape index (κ3) is 6.99. The molecule has 1 heterocycles. The van der Waals surface area contributed by atoms with E-state index in [0.29, 0.717) is 24.5 Å². The first-order chi connectivity index (χ1) is 15.8. The Morgan fingerprint density at radius 1 is 1.36 bits per heavy atom. The molecule has 180 valence electrons. The van der Waals surface area contributed by atoms with Gasteiger partial charge in [0.15, 0.2) is 6.17 Å². The van der Waals surface area contributed by atoms with Gasteiger partial charge in [-0.05, 0) is 50.5 Å². The van der Waals surface area contributed by atoms with Crippen LogP contribution in [0.4, 0.5) is 4.39 Å². The SMILES string of the molecule is COCC(=O)NC1CN=C(NC2=CC(F)C(OC(C)C)C=C2)N(CC2=CC=C(Cl)CC2)C1=O. The molecule has 3 unspecified atom stereocenters. The number of carbonyl (C=O) groups excluding carboxylic acids is 2. The maximum Gasteiger partial charge on any atom is 0.254 e. The zero-order valence-corrected chi connectivity index (χ0v) is 19.8. The molecule has 10 heteroatoms. The monoisotopic (exact) mass is 480 g/mol. The molecule has 2 aliphatic carbocycles. The first kappa shape index (κ1) is 25.1. The minimum atomic E-state index is -1.33. The van der Waals surface area contributed by atoms with Gasteiger partial charge in [-0.2, -0.15) is 0 Å². The minimum Gasteiger partial charge on any atom is -0.375 e. The summed E-state index contributed by atoms with van der Waals surface area (Å²) in [7, 11) is 1.41. The van der Waals surface area contributed by atoms with Crippen LogP contribution in [0, 0.1) is 0 Å². The molecule has 1 aliphatic heterocycles.